The standard InChI is InChI=1S/C14H13BrOS/c15-12-7-5-11(6-8-12)14(16,10-3-4-10)13-2-1-9-17-13/h1-2,5-10,16H,3-4H2. The zero-order valence-electron chi connectivity index (χ0n) is 9.27. The highest BCUT2D eigenvalue weighted by Crippen LogP contribution is 2.50. The van der Waals surface area contributed by atoms with Crippen molar-refractivity contribution in [2.24, 2.45) is 5.92 Å². The fourth-order valence-corrected chi connectivity index (χ4v) is 3.47. The van der Waals surface area contributed by atoms with E-state index in [0.29, 0.717) is 5.92 Å². The zero-order chi connectivity index (χ0) is 11.9. The van der Waals surface area contributed by atoms with E-state index >= 15 is 0 Å². The van der Waals surface area contributed by atoms with Crippen molar-refractivity contribution in [3.8, 4) is 0 Å². The van der Waals surface area contributed by atoms with Gasteiger partial charge in [-0.05, 0) is 47.9 Å². The second-order valence-electron chi connectivity index (χ2n) is 4.52. The molecule has 0 amide bonds. The van der Waals surface area contributed by atoms with Gasteiger partial charge in [-0.1, -0.05) is 34.1 Å². The monoisotopic (exact) mass is 308 g/mol. The predicted octanol–water partition coefficient (Wildman–Crippen LogP) is 4.16. The molecule has 1 aliphatic carbocycles. The Labute approximate surface area is 113 Å². The highest BCUT2D eigenvalue weighted by atomic mass is 79.9. The topological polar surface area (TPSA) is 20.2 Å². The normalized spacial score (nSPS) is 18.9. The van der Waals surface area contributed by atoms with Crippen molar-refractivity contribution in [2.75, 3.05) is 0 Å². The molecular formula is C14H13BrOS. The van der Waals surface area contributed by atoms with E-state index in [4.69, 9.17) is 0 Å². The molecule has 0 bridgehead atoms. The minimum absolute atomic E-state index is 0.377. The predicted molar refractivity (Wildman–Crippen MR) is 74.2 cm³/mol. The summed E-state index contributed by atoms with van der Waals surface area (Å²) in [4.78, 5) is 1.06. The molecule has 88 valence electrons. The van der Waals surface area contributed by atoms with Crippen LogP contribution in [0.2, 0.25) is 0 Å². The molecular weight excluding hydrogens is 296 g/mol. The van der Waals surface area contributed by atoms with Crippen LogP contribution in [0.4, 0.5) is 0 Å². The van der Waals surface area contributed by atoms with Crippen molar-refractivity contribution in [2.45, 2.75) is 18.4 Å². The van der Waals surface area contributed by atoms with Crippen molar-refractivity contribution in [1.29, 1.82) is 0 Å². The van der Waals surface area contributed by atoms with Crippen LogP contribution in [0.1, 0.15) is 23.3 Å². The van der Waals surface area contributed by atoms with Gasteiger partial charge >= 0.3 is 0 Å². The van der Waals surface area contributed by atoms with Crippen LogP contribution in [0.3, 0.4) is 0 Å². The molecule has 1 aromatic carbocycles. The maximum Gasteiger partial charge on any atom is 0.126 e. The molecule has 3 rings (SSSR count). The first-order chi connectivity index (χ1) is 8.21. The van der Waals surface area contributed by atoms with Gasteiger partial charge in [0.25, 0.3) is 0 Å². The average Bonchev–Trinajstić information content (AvgIpc) is 3.05. The number of rotatable bonds is 3. The Kier molecular flexibility index (Phi) is 2.85. The number of halogens is 1. The molecule has 1 unspecified atom stereocenters. The summed E-state index contributed by atoms with van der Waals surface area (Å²) in [5.74, 6) is 0.377. The molecule has 0 saturated heterocycles. The number of benzene rings is 1. The third-order valence-electron chi connectivity index (χ3n) is 3.35. The minimum atomic E-state index is -0.783. The van der Waals surface area contributed by atoms with E-state index in [0.717, 1.165) is 27.8 Å². The lowest BCUT2D eigenvalue weighted by Gasteiger charge is -2.27. The fourth-order valence-electron chi connectivity index (χ4n) is 2.28. The number of aliphatic hydroxyl groups is 1. The second-order valence-corrected chi connectivity index (χ2v) is 6.39. The Hall–Kier alpha value is -0.640. The van der Waals surface area contributed by atoms with Gasteiger partial charge in [-0.2, -0.15) is 0 Å². The van der Waals surface area contributed by atoms with Crippen molar-refractivity contribution in [1.82, 2.24) is 0 Å². The third kappa shape index (κ3) is 1.96. The largest absolute Gasteiger partial charge is 0.379 e. The van der Waals surface area contributed by atoms with Crippen LogP contribution in [0.5, 0.6) is 0 Å². The molecule has 1 aliphatic rings. The molecule has 0 aliphatic heterocycles. The van der Waals surface area contributed by atoms with Crippen molar-refractivity contribution in [3.05, 3.63) is 56.7 Å². The maximum atomic E-state index is 11.1. The molecule has 1 nitrogen and oxygen atoms in total. The number of thiophene rings is 1. The van der Waals surface area contributed by atoms with Crippen LogP contribution in [0, 0.1) is 5.92 Å². The molecule has 1 fully saturated rings. The van der Waals surface area contributed by atoms with Crippen LogP contribution in [0.25, 0.3) is 0 Å². The van der Waals surface area contributed by atoms with E-state index in [2.05, 4.69) is 15.9 Å². The van der Waals surface area contributed by atoms with Crippen molar-refractivity contribution < 1.29 is 5.11 Å². The van der Waals surface area contributed by atoms with E-state index in [-0.39, 0.29) is 0 Å². The highest BCUT2D eigenvalue weighted by Gasteiger charge is 2.46. The van der Waals surface area contributed by atoms with E-state index in [9.17, 15) is 5.11 Å². The van der Waals surface area contributed by atoms with E-state index in [1.54, 1.807) is 11.3 Å². The van der Waals surface area contributed by atoms with E-state index in [1.807, 2.05) is 41.8 Å². The van der Waals surface area contributed by atoms with Crippen LogP contribution in [-0.2, 0) is 5.60 Å². The molecule has 3 heteroatoms. The Morgan fingerprint density at radius 2 is 1.88 bits per heavy atom. The van der Waals surface area contributed by atoms with Gasteiger partial charge in [0.1, 0.15) is 5.60 Å². The molecule has 1 heterocycles. The first-order valence-electron chi connectivity index (χ1n) is 5.73. The van der Waals surface area contributed by atoms with Crippen LogP contribution >= 0.6 is 27.3 Å². The summed E-state index contributed by atoms with van der Waals surface area (Å²) >= 11 is 5.07. The Morgan fingerprint density at radius 1 is 1.18 bits per heavy atom. The van der Waals surface area contributed by atoms with Crippen molar-refractivity contribution >= 4 is 27.3 Å². The second kappa shape index (κ2) is 4.23. The molecule has 17 heavy (non-hydrogen) atoms. The Balaban J connectivity index is 2.08. The molecule has 2 aromatic rings. The fraction of sp³-hybridized carbons (Fsp3) is 0.286. The maximum absolute atomic E-state index is 11.1. The summed E-state index contributed by atoms with van der Waals surface area (Å²) in [5.41, 5.74) is 0.222. The molecule has 1 saturated carbocycles. The highest BCUT2D eigenvalue weighted by molar-refractivity contribution is 9.10. The van der Waals surface area contributed by atoms with Gasteiger partial charge < -0.3 is 5.11 Å². The Bertz CT molecular complexity index is 502. The van der Waals surface area contributed by atoms with Gasteiger partial charge in [0, 0.05) is 9.35 Å². The van der Waals surface area contributed by atoms with Gasteiger partial charge in [0.2, 0.25) is 0 Å². The van der Waals surface area contributed by atoms with Crippen molar-refractivity contribution in [3.63, 3.8) is 0 Å². The molecule has 0 spiro atoms. The molecule has 0 radical (unpaired) electrons. The summed E-state index contributed by atoms with van der Waals surface area (Å²) < 4.78 is 1.05. The molecule has 1 N–H and O–H groups in total. The van der Waals surface area contributed by atoms with Gasteiger partial charge in [-0.3, -0.25) is 0 Å². The Morgan fingerprint density at radius 3 is 2.41 bits per heavy atom. The summed E-state index contributed by atoms with van der Waals surface area (Å²) in [5, 5.41) is 13.1. The average molecular weight is 309 g/mol. The summed E-state index contributed by atoms with van der Waals surface area (Å²) in [6.07, 6.45) is 2.23. The van der Waals surface area contributed by atoms with E-state index in [1.165, 1.54) is 0 Å². The van der Waals surface area contributed by atoms with E-state index < -0.39 is 5.60 Å². The third-order valence-corrected chi connectivity index (χ3v) is 4.87. The zero-order valence-corrected chi connectivity index (χ0v) is 11.7. The lowest BCUT2D eigenvalue weighted by atomic mass is 9.87. The summed E-state index contributed by atoms with van der Waals surface area (Å²) in [7, 11) is 0. The van der Waals surface area contributed by atoms with Crippen LogP contribution in [-0.4, -0.2) is 5.11 Å². The SMILES string of the molecule is OC(c1ccc(Br)cc1)(c1cccs1)C1CC1. The smallest absolute Gasteiger partial charge is 0.126 e. The van der Waals surface area contributed by atoms with Gasteiger partial charge in [0.05, 0.1) is 0 Å². The lowest BCUT2D eigenvalue weighted by molar-refractivity contribution is 0.0602. The first-order valence-corrected chi connectivity index (χ1v) is 7.41. The van der Waals surface area contributed by atoms with Gasteiger partial charge in [0.15, 0.2) is 0 Å². The minimum Gasteiger partial charge on any atom is -0.379 e. The summed E-state index contributed by atoms with van der Waals surface area (Å²) in [6, 6.07) is 12.1. The lowest BCUT2D eigenvalue weighted by Crippen LogP contribution is -2.28. The first kappa shape index (κ1) is 11.5. The van der Waals surface area contributed by atoms with Crippen LogP contribution < -0.4 is 0 Å². The van der Waals surface area contributed by atoms with Gasteiger partial charge in [-0.25, -0.2) is 0 Å². The number of hydrogen-bond donors (Lipinski definition) is 1. The molecule has 1 atom stereocenters. The van der Waals surface area contributed by atoms with Crippen LogP contribution in [0.15, 0.2) is 46.3 Å². The number of hydrogen-bond acceptors (Lipinski definition) is 2. The quantitative estimate of drug-likeness (QED) is 0.903. The summed E-state index contributed by atoms with van der Waals surface area (Å²) in [6.45, 7) is 0. The van der Waals surface area contributed by atoms with Gasteiger partial charge in [-0.15, -0.1) is 11.3 Å². The molecule has 1 aromatic heterocycles.